The highest BCUT2D eigenvalue weighted by Crippen LogP contribution is 2.59. The fourth-order valence-electron chi connectivity index (χ4n) is 2.77. The van der Waals surface area contributed by atoms with Crippen LogP contribution in [0.4, 0.5) is 9.18 Å². The lowest BCUT2D eigenvalue weighted by atomic mass is 10.0. The molecule has 1 aliphatic carbocycles. The Morgan fingerprint density at radius 1 is 1.17 bits per heavy atom. The Bertz CT molecular complexity index is 705. The monoisotopic (exact) mass is 377 g/mol. The molecule has 0 spiro atoms. The van der Waals surface area contributed by atoms with E-state index in [4.69, 9.17) is 0 Å². The van der Waals surface area contributed by atoms with Gasteiger partial charge in [0, 0.05) is 25.4 Å². The quantitative estimate of drug-likeness (QED) is 0.751. The van der Waals surface area contributed by atoms with E-state index in [1.807, 2.05) is 54.6 Å². The molecule has 0 heterocycles. The zero-order valence-corrected chi connectivity index (χ0v) is 14.0. The van der Waals surface area contributed by atoms with Gasteiger partial charge in [-0.25, -0.2) is 9.18 Å². The lowest BCUT2D eigenvalue weighted by molar-refractivity contribution is 0.139. The molecule has 2 atom stereocenters. The Hall–Kier alpha value is -1.88. The van der Waals surface area contributed by atoms with Crippen LogP contribution in [0.5, 0.6) is 0 Å². The molecule has 0 aromatic heterocycles. The first-order valence-electron chi connectivity index (χ1n) is 7.45. The Morgan fingerprint density at radius 3 is 2.39 bits per heavy atom. The van der Waals surface area contributed by atoms with Gasteiger partial charge in [-0.3, -0.25) is 4.90 Å². The molecule has 23 heavy (non-hydrogen) atoms. The molecule has 1 aliphatic rings. The number of nitrogens with zero attached hydrogens (tertiary/aromatic N) is 1. The predicted octanol–water partition coefficient (Wildman–Crippen LogP) is 4.91. The Kier molecular flexibility index (Phi) is 4.39. The van der Waals surface area contributed by atoms with E-state index < -0.39 is 10.7 Å². The van der Waals surface area contributed by atoms with Gasteiger partial charge in [0.25, 0.3) is 0 Å². The zero-order chi connectivity index (χ0) is 16.4. The van der Waals surface area contributed by atoms with Gasteiger partial charge in [-0.05, 0) is 32.6 Å². The summed E-state index contributed by atoms with van der Waals surface area (Å²) >= 11 is 3.08. The summed E-state index contributed by atoms with van der Waals surface area (Å²) in [5.74, 6) is -0.203. The molecule has 0 aliphatic heterocycles. The maximum absolute atomic E-state index is 14.0. The van der Waals surface area contributed by atoms with Crippen molar-refractivity contribution in [3.63, 3.8) is 0 Å². The number of benzene rings is 2. The van der Waals surface area contributed by atoms with E-state index >= 15 is 0 Å². The van der Waals surface area contributed by atoms with Crippen molar-refractivity contribution in [2.45, 2.75) is 30.0 Å². The maximum Gasteiger partial charge on any atom is 0.407 e. The number of rotatable bonds is 5. The highest BCUT2D eigenvalue weighted by molar-refractivity contribution is 9.10. The van der Waals surface area contributed by atoms with Gasteiger partial charge in [-0.2, -0.15) is 0 Å². The number of carboxylic acid groups (broad SMARTS) is 1. The normalized spacial score (nSPS) is 22.6. The van der Waals surface area contributed by atoms with Crippen LogP contribution >= 0.6 is 15.9 Å². The molecule has 2 aromatic rings. The largest absolute Gasteiger partial charge is 0.465 e. The van der Waals surface area contributed by atoms with Crippen molar-refractivity contribution < 1.29 is 14.3 Å². The molecule has 5 heteroatoms. The predicted molar refractivity (Wildman–Crippen MR) is 90.3 cm³/mol. The van der Waals surface area contributed by atoms with Crippen molar-refractivity contribution in [2.75, 3.05) is 0 Å². The van der Waals surface area contributed by atoms with Crippen LogP contribution in [0.3, 0.4) is 0 Å². The third kappa shape index (κ3) is 3.72. The van der Waals surface area contributed by atoms with Crippen LogP contribution in [-0.4, -0.2) is 20.7 Å². The highest BCUT2D eigenvalue weighted by atomic mass is 79.9. The molecule has 2 unspecified atom stereocenters. The van der Waals surface area contributed by atoms with Crippen molar-refractivity contribution in [3.8, 4) is 0 Å². The summed E-state index contributed by atoms with van der Waals surface area (Å²) in [6.45, 7) is 0.560. The van der Waals surface area contributed by atoms with Crippen molar-refractivity contribution in [2.24, 2.45) is 0 Å². The van der Waals surface area contributed by atoms with Gasteiger partial charge in [0.05, 0.1) is 0 Å². The van der Waals surface area contributed by atoms with Crippen LogP contribution < -0.4 is 0 Å². The highest BCUT2D eigenvalue weighted by Gasteiger charge is 2.54. The van der Waals surface area contributed by atoms with Crippen LogP contribution in [0.1, 0.15) is 29.0 Å². The standard InChI is InChI=1S/C18H17BrFNO2/c19-18(20)10-16(18)15-9-5-4-8-14(15)12-21(17(22)23)11-13-6-2-1-3-7-13/h1-9,16H,10-12H2,(H,22,23). The zero-order valence-electron chi connectivity index (χ0n) is 12.5. The second-order valence-electron chi connectivity index (χ2n) is 5.84. The number of halogens is 2. The van der Waals surface area contributed by atoms with Crippen molar-refractivity contribution in [1.82, 2.24) is 4.90 Å². The molecule has 0 bridgehead atoms. The van der Waals surface area contributed by atoms with Gasteiger partial charge in [0.1, 0.15) is 0 Å². The molecule has 120 valence electrons. The van der Waals surface area contributed by atoms with Gasteiger partial charge in [0.2, 0.25) is 0 Å². The van der Waals surface area contributed by atoms with Gasteiger partial charge in [-0.15, -0.1) is 0 Å². The fraction of sp³-hybridized carbons (Fsp3) is 0.278. The first-order chi connectivity index (χ1) is 11.0. The molecule has 1 amide bonds. The Labute approximate surface area is 142 Å². The summed E-state index contributed by atoms with van der Waals surface area (Å²) < 4.78 is 12.6. The Balaban J connectivity index is 1.80. The summed E-state index contributed by atoms with van der Waals surface area (Å²) in [5, 5.41) is 9.49. The molecule has 3 rings (SSSR count). The Morgan fingerprint density at radius 2 is 1.78 bits per heavy atom. The van der Waals surface area contributed by atoms with E-state index in [-0.39, 0.29) is 12.5 Å². The van der Waals surface area contributed by atoms with Crippen LogP contribution in [0.15, 0.2) is 54.6 Å². The molecule has 1 fully saturated rings. The van der Waals surface area contributed by atoms with E-state index in [9.17, 15) is 14.3 Å². The van der Waals surface area contributed by atoms with E-state index in [2.05, 4.69) is 15.9 Å². The minimum Gasteiger partial charge on any atom is -0.465 e. The first-order valence-corrected chi connectivity index (χ1v) is 8.24. The summed E-state index contributed by atoms with van der Waals surface area (Å²) in [6.07, 6.45) is -0.555. The third-order valence-corrected chi connectivity index (χ3v) is 4.98. The van der Waals surface area contributed by atoms with Crippen molar-refractivity contribution >= 4 is 22.0 Å². The van der Waals surface area contributed by atoms with Crippen LogP contribution in [0, 0.1) is 0 Å². The van der Waals surface area contributed by atoms with E-state index in [0.29, 0.717) is 13.0 Å². The average molecular weight is 378 g/mol. The molecular formula is C18H17BrFNO2. The lowest BCUT2D eigenvalue weighted by Gasteiger charge is -2.21. The second kappa shape index (κ2) is 6.32. The summed E-state index contributed by atoms with van der Waals surface area (Å²) in [6, 6.07) is 16.9. The maximum atomic E-state index is 14.0. The van der Waals surface area contributed by atoms with Gasteiger partial charge < -0.3 is 5.11 Å². The van der Waals surface area contributed by atoms with Crippen LogP contribution in [0.2, 0.25) is 0 Å². The van der Waals surface area contributed by atoms with Gasteiger partial charge in [0.15, 0.2) is 4.58 Å². The first kappa shape index (κ1) is 16.0. The molecular weight excluding hydrogens is 361 g/mol. The SMILES string of the molecule is O=C(O)N(Cc1ccccc1)Cc1ccccc1C1CC1(F)Br. The molecule has 2 aromatic carbocycles. The van der Waals surface area contributed by atoms with E-state index in [1.165, 1.54) is 4.90 Å². The summed E-state index contributed by atoms with van der Waals surface area (Å²) in [4.78, 5) is 12.9. The van der Waals surface area contributed by atoms with Gasteiger partial charge >= 0.3 is 6.09 Å². The third-order valence-electron chi connectivity index (χ3n) is 4.10. The minimum absolute atomic E-state index is 0.203. The number of alkyl halides is 2. The minimum atomic E-state index is -1.35. The lowest BCUT2D eigenvalue weighted by Crippen LogP contribution is -2.28. The fourth-order valence-corrected chi connectivity index (χ4v) is 3.34. The van der Waals surface area contributed by atoms with Gasteiger partial charge in [-0.1, -0.05) is 54.6 Å². The number of amides is 1. The molecule has 3 nitrogen and oxygen atoms in total. The number of hydrogen-bond acceptors (Lipinski definition) is 1. The summed E-state index contributed by atoms with van der Waals surface area (Å²) in [5.41, 5.74) is 2.67. The topological polar surface area (TPSA) is 40.5 Å². The summed E-state index contributed by atoms with van der Waals surface area (Å²) in [7, 11) is 0. The average Bonchev–Trinajstić information content (AvgIpc) is 3.16. The smallest absolute Gasteiger partial charge is 0.407 e. The van der Waals surface area contributed by atoms with Crippen LogP contribution in [-0.2, 0) is 13.1 Å². The second-order valence-corrected chi connectivity index (χ2v) is 7.16. The van der Waals surface area contributed by atoms with E-state index in [1.54, 1.807) is 0 Å². The molecule has 0 radical (unpaired) electrons. The molecule has 0 saturated heterocycles. The van der Waals surface area contributed by atoms with Crippen molar-refractivity contribution in [3.05, 3.63) is 71.3 Å². The number of hydrogen-bond donors (Lipinski definition) is 1. The number of carbonyl (C=O) groups is 1. The van der Waals surface area contributed by atoms with E-state index in [0.717, 1.165) is 16.7 Å². The molecule has 1 saturated carbocycles. The van der Waals surface area contributed by atoms with Crippen molar-refractivity contribution in [1.29, 1.82) is 0 Å². The van der Waals surface area contributed by atoms with Crippen LogP contribution in [0.25, 0.3) is 0 Å². The molecule has 1 N–H and O–H groups in total.